The highest BCUT2D eigenvalue weighted by atomic mass is 32.1. The van der Waals surface area contributed by atoms with Crippen molar-refractivity contribution >= 4 is 40.5 Å². The van der Waals surface area contributed by atoms with Crippen molar-refractivity contribution in [3.63, 3.8) is 0 Å². The number of H-pyrrole nitrogens is 1. The third kappa shape index (κ3) is 5.80. The van der Waals surface area contributed by atoms with E-state index in [-0.39, 0.29) is 24.8 Å². The summed E-state index contributed by atoms with van der Waals surface area (Å²) in [7, 11) is 0. The third-order valence-corrected chi connectivity index (χ3v) is 5.24. The maximum Gasteiger partial charge on any atom is 0.255 e. The van der Waals surface area contributed by atoms with E-state index in [1.165, 1.54) is 4.90 Å². The summed E-state index contributed by atoms with van der Waals surface area (Å²) in [5.41, 5.74) is 7.47. The third-order valence-electron chi connectivity index (χ3n) is 4.15. The minimum atomic E-state index is -0.917. The molecule has 3 aromatic rings. The number of carbonyl (C=O) groups excluding carboxylic acids is 2. The van der Waals surface area contributed by atoms with Crippen LogP contribution in [0.25, 0.3) is 0 Å². The van der Waals surface area contributed by atoms with Crippen molar-refractivity contribution < 1.29 is 14.3 Å². The lowest BCUT2D eigenvalue weighted by molar-refractivity contribution is -0.127. The van der Waals surface area contributed by atoms with Crippen LogP contribution in [0.4, 0.5) is 5.13 Å². The normalized spacial score (nSPS) is 11.7. The largest absolute Gasteiger partial charge is 0.368 e. The molecule has 0 fully saturated rings. The van der Waals surface area contributed by atoms with Crippen LogP contribution in [0.15, 0.2) is 60.7 Å². The van der Waals surface area contributed by atoms with Crippen LogP contribution in [-0.4, -0.2) is 34.7 Å². The highest BCUT2D eigenvalue weighted by molar-refractivity contribution is 7.73. The lowest BCUT2D eigenvalue weighted by Crippen LogP contribution is -2.50. The molecule has 0 aliphatic rings. The molecule has 1 atom stereocenters. The number of hydrogen-bond acceptors (Lipinski definition) is 6. The zero-order chi connectivity index (χ0) is 20.6. The second-order valence-electron chi connectivity index (χ2n) is 6.25. The number of carbonyl (C=O) groups is 2. The van der Waals surface area contributed by atoms with Gasteiger partial charge in [0.05, 0.1) is 6.61 Å². The van der Waals surface area contributed by atoms with Crippen molar-refractivity contribution in [2.75, 3.05) is 11.5 Å². The van der Waals surface area contributed by atoms with Gasteiger partial charge in [0.2, 0.25) is 11.0 Å². The van der Waals surface area contributed by atoms with Crippen LogP contribution in [0.3, 0.4) is 0 Å². The molecule has 1 unspecified atom stereocenters. The van der Waals surface area contributed by atoms with Crippen LogP contribution in [0.5, 0.6) is 0 Å². The highest BCUT2D eigenvalue weighted by Gasteiger charge is 2.32. The van der Waals surface area contributed by atoms with Crippen LogP contribution < -0.4 is 10.6 Å². The van der Waals surface area contributed by atoms with E-state index in [9.17, 15) is 9.59 Å². The van der Waals surface area contributed by atoms with Crippen LogP contribution in [0.1, 0.15) is 11.1 Å². The summed E-state index contributed by atoms with van der Waals surface area (Å²) < 4.78 is 5.96. The monoisotopic (exact) mass is 428 g/mol. The first-order chi connectivity index (χ1) is 14.0. The number of nitrogens with zero attached hydrogens (tertiary/aromatic N) is 2. The lowest BCUT2D eigenvalue weighted by Gasteiger charge is -2.27. The Labute approximate surface area is 177 Å². The van der Waals surface area contributed by atoms with Crippen molar-refractivity contribution in [3.05, 3.63) is 75.7 Å². The van der Waals surface area contributed by atoms with E-state index in [4.69, 9.17) is 22.7 Å². The molecular formula is C20H20N4O3S2. The van der Waals surface area contributed by atoms with E-state index < -0.39 is 17.9 Å². The molecule has 29 heavy (non-hydrogen) atoms. The molecule has 0 aliphatic heterocycles. The molecule has 1 aromatic heterocycles. The van der Waals surface area contributed by atoms with Crippen LogP contribution >= 0.6 is 23.6 Å². The predicted octanol–water partition coefficient (Wildman–Crippen LogP) is 2.85. The predicted molar refractivity (Wildman–Crippen MR) is 114 cm³/mol. The molecule has 9 heteroatoms. The molecule has 0 aliphatic carbocycles. The Bertz CT molecular complexity index is 1010. The molecule has 3 N–H and O–H groups in total. The number of benzene rings is 2. The van der Waals surface area contributed by atoms with E-state index in [0.717, 1.165) is 22.5 Å². The number of hydrogen-bond donors (Lipinski definition) is 2. The summed E-state index contributed by atoms with van der Waals surface area (Å²) in [6, 6.07) is 17.9. The minimum absolute atomic E-state index is 0.222. The van der Waals surface area contributed by atoms with E-state index in [1.54, 1.807) is 0 Å². The Morgan fingerprint density at radius 1 is 1.10 bits per heavy atom. The second kappa shape index (κ2) is 10.1. The first kappa shape index (κ1) is 20.8. The Morgan fingerprint density at radius 3 is 2.28 bits per heavy atom. The van der Waals surface area contributed by atoms with Gasteiger partial charge in [-0.05, 0) is 23.3 Å². The number of aromatic amines is 1. The second-order valence-corrected chi connectivity index (χ2v) is 7.89. The molecule has 0 bridgehead atoms. The molecule has 3 rings (SSSR count). The van der Waals surface area contributed by atoms with Gasteiger partial charge in [0, 0.05) is 6.42 Å². The van der Waals surface area contributed by atoms with Gasteiger partial charge in [0.25, 0.3) is 5.91 Å². The average Bonchev–Trinajstić information content (AvgIpc) is 3.15. The van der Waals surface area contributed by atoms with Crippen LogP contribution in [0, 0.1) is 3.95 Å². The summed E-state index contributed by atoms with van der Waals surface area (Å²) in [5.74, 6) is -1.05. The Morgan fingerprint density at radius 2 is 1.72 bits per heavy atom. The number of aromatic nitrogens is 2. The number of nitrogens with one attached hydrogen (secondary N) is 1. The topological polar surface area (TPSA) is 101 Å². The van der Waals surface area contributed by atoms with Gasteiger partial charge in [0.1, 0.15) is 12.6 Å². The van der Waals surface area contributed by atoms with Gasteiger partial charge in [-0.2, -0.15) is 0 Å². The minimum Gasteiger partial charge on any atom is -0.368 e. The standard InChI is InChI=1S/C20H20N4O3S2/c21-18(26)16(11-14-7-3-1-4-8-14)24(19-22-23-20(28)29-19)17(25)13-27-12-15-9-5-2-6-10-15/h1-10,16H,11-13H2,(H2,21,26)(H,23,28). The molecule has 0 saturated heterocycles. The van der Waals surface area contributed by atoms with Crippen molar-refractivity contribution in [1.82, 2.24) is 10.2 Å². The summed E-state index contributed by atoms with van der Waals surface area (Å²) in [4.78, 5) is 26.5. The molecule has 0 saturated carbocycles. The van der Waals surface area contributed by atoms with E-state index >= 15 is 0 Å². The quantitative estimate of drug-likeness (QED) is 0.511. The Kier molecular flexibility index (Phi) is 7.23. The number of ether oxygens (including phenoxy) is 1. The lowest BCUT2D eigenvalue weighted by atomic mass is 10.0. The number of primary amides is 1. The van der Waals surface area contributed by atoms with E-state index in [2.05, 4.69) is 10.2 Å². The molecule has 0 spiro atoms. The van der Waals surface area contributed by atoms with Gasteiger partial charge in [-0.3, -0.25) is 19.6 Å². The van der Waals surface area contributed by atoms with E-state index in [0.29, 0.717) is 3.95 Å². The maximum atomic E-state index is 13.0. The van der Waals surface area contributed by atoms with Crippen molar-refractivity contribution in [2.45, 2.75) is 19.1 Å². The smallest absolute Gasteiger partial charge is 0.255 e. The van der Waals surface area contributed by atoms with E-state index in [1.807, 2.05) is 60.7 Å². The fraction of sp³-hybridized carbons (Fsp3) is 0.200. The fourth-order valence-electron chi connectivity index (χ4n) is 2.80. The fourth-order valence-corrected chi connectivity index (χ4v) is 3.74. The van der Waals surface area contributed by atoms with Gasteiger partial charge < -0.3 is 10.5 Å². The summed E-state index contributed by atoms with van der Waals surface area (Å²) in [6.07, 6.45) is 0.257. The summed E-state index contributed by atoms with van der Waals surface area (Å²) >= 11 is 6.19. The van der Waals surface area contributed by atoms with Gasteiger partial charge in [-0.1, -0.05) is 72.0 Å². The maximum absolute atomic E-state index is 13.0. The number of rotatable bonds is 9. The van der Waals surface area contributed by atoms with Crippen molar-refractivity contribution in [1.29, 1.82) is 0 Å². The summed E-state index contributed by atoms with van der Waals surface area (Å²) in [5, 5.41) is 7.00. The molecular weight excluding hydrogens is 408 g/mol. The van der Waals surface area contributed by atoms with Gasteiger partial charge in [-0.25, -0.2) is 0 Å². The van der Waals surface area contributed by atoms with Crippen molar-refractivity contribution in [3.8, 4) is 0 Å². The molecule has 0 radical (unpaired) electrons. The van der Waals surface area contributed by atoms with Gasteiger partial charge in [-0.15, -0.1) is 5.10 Å². The van der Waals surface area contributed by atoms with Gasteiger partial charge in [0.15, 0.2) is 3.95 Å². The first-order valence-corrected chi connectivity index (χ1v) is 10.1. The molecule has 2 aromatic carbocycles. The summed E-state index contributed by atoms with van der Waals surface area (Å²) in [6.45, 7) is 0.0520. The zero-order valence-corrected chi connectivity index (χ0v) is 17.1. The van der Waals surface area contributed by atoms with Crippen LogP contribution in [0.2, 0.25) is 0 Å². The molecule has 1 heterocycles. The molecule has 2 amide bonds. The van der Waals surface area contributed by atoms with Gasteiger partial charge >= 0.3 is 0 Å². The average molecular weight is 429 g/mol. The SMILES string of the molecule is NC(=O)C(Cc1ccccc1)N(C(=O)COCc1ccccc1)c1n[nH]c(=S)s1. The Hall–Kier alpha value is -2.88. The molecule has 7 nitrogen and oxygen atoms in total. The van der Waals surface area contributed by atoms with Crippen LogP contribution in [-0.2, 0) is 27.4 Å². The Balaban J connectivity index is 1.79. The van der Waals surface area contributed by atoms with Crippen molar-refractivity contribution in [2.24, 2.45) is 5.73 Å². The number of amides is 2. The zero-order valence-electron chi connectivity index (χ0n) is 15.5. The number of nitrogens with two attached hydrogens (primary N) is 1. The first-order valence-electron chi connectivity index (χ1n) is 8.87. The highest BCUT2D eigenvalue weighted by Crippen LogP contribution is 2.22. The molecule has 150 valence electrons. The number of anilines is 1.